The Morgan fingerprint density at radius 1 is 1.18 bits per heavy atom. The standard InChI is InChI=1S/C9H13NO/c1-11-7-9-4-2-8(6-10)3-5-9/h2-5H,6-7,10H2,1H3. The SMILES string of the molecule is COCc1ccc(CN)cc1. The van der Waals surface area contributed by atoms with Crippen molar-refractivity contribution in [1.82, 2.24) is 0 Å². The maximum Gasteiger partial charge on any atom is 0.0713 e. The summed E-state index contributed by atoms with van der Waals surface area (Å²) in [6.07, 6.45) is 0. The van der Waals surface area contributed by atoms with Gasteiger partial charge < -0.3 is 10.5 Å². The van der Waals surface area contributed by atoms with Crippen LogP contribution < -0.4 is 5.73 Å². The molecule has 0 saturated carbocycles. The van der Waals surface area contributed by atoms with E-state index in [1.807, 2.05) is 24.3 Å². The molecule has 2 nitrogen and oxygen atoms in total. The number of hydrogen-bond donors (Lipinski definition) is 1. The lowest BCUT2D eigenvalue weighted by Gasteiger charge is -2.00. The van der Waals surface area contributed by atoms with Crippen LogP contribution in [0.1, 0.15) is 11.1 Å². The first-order chi connectivity index (χ1) is 5.36. The summed E-state index contributed by atoms with van der Waals surface area (Å²) < 4.78 is 4.97. The molecule has 2 heteroatoms. The lowest BCUT2D eigenvalue weighted by atomic mass is 10.1. The van der Waals surface area contributed by atoms with E-state index in [2.05, 4.69) is 0 Å². The molecule has 0 aliphatic rings. The summed E-state index contributed by atoms with van der Waals surface area (Å²) in [5.41, 5.74) is 7.78. The average Bonchev–Trinajstić information content (AvgIpc) is 2.07. The van der Waals surface area contributed by atoms with Crippen LogP contribution in [0.15, 0.2) is 24.3 Å². The lowest BCUT2D eigenvalue weighted by Crippen LogP contribution is -1.96. The molecule has 0 amide bonds. The van der Waals surface area contributed by atoms with E-state index in [9.17, 15) is 0 Å². The zero-order chi connectivity index (χ0) is 8.10. The molecule has 1 aromatic carbocycles. The molecule has 0 aliphatic carbocycles. The predicted molar refractivity (Wildman–Crippen MR) is 45.0 cm³/mol. The molecule has 0 atom stereocenters. The van der Waals surface area contributed by atoms with Crippen molar-refractivity contribution in [2.45, 2.75) is 13.2 Å². The first kappa shape index (κ1) is 8.24. The molecule has 0 radical (unpaired) electrons. The van der Waals surface area contributed by atoms with Crippen LogP contribution in [0.4, 0.5) is 0 Å². The van der Waals surface area contributed by atoms with Gasteiger partial charge in [0.15, 0.2) is 0 Å². The summed E-state index contributed by atoms with van der Waals surface area (Å²) in [5, 5.41) is 0. The molecular weight excluding hydrogens is 138 g/mol. The highest BCUT2D eigenvalue weighted by Crippen LogP contribution is 2.04. The van der Waals surface area contributed by atoms with Gasteiger partial charge in [0, 0.05) is 13.7 Å². The minimum atomic E-state index is 0.604. The Hall–Kier alpha value is -0.860. The molecule has 0 unspecified atom stereocenters. The Labute approximate surface area is 67.0 Å². The highest BCUT2D eigenvalue weighted by Gasteiger charge is 1.90. The minimum absolute atomic E-state index is 0.604. The van der Waals surface area contributed by atoms with E-state index in [1.54, 1.807) is 7.11 Å². The molecule has 1 aromatic rings. The molecule has 0 spiro atoms. The van der Waals surface area contributed by atoms with Crippen LogP contribution >= 0.6 is 0 Å². The van der Waals surface area contributed by atoms with Crippen molar-refractivity contribution in [2.24, 2.45) is 5.73 Å². The molecule has 0 fully saturated rings. The van der Waals surface area contributed by atoms with Crippen molar-refractivity contribution in [3.8, 4) is 0 Å². The normalized spacial score (nSPS) is 10.0. The van der Waals surface area contributed by atoms with Crippen LogP contribution in [0.2, 0.25) is 0 Å². The predicted octanol–water partition coefficient (Wildman–Crippen LogP) is 1.29. The van der Waals surface area contributed by atoms with E-state index in [1.165, 1.54) is 5.56 Å². The number of rotatable bonds is 3. The first-order valence-corrected chi connectivity index (χ1v) is 3.63. The largest absolute Gasteiger partial charge is 0.380 e. The Morgan fingerprint density at radius 3 is 2.18 bits per heavy atom. The summed E-state index contributed by atoms with van der Waals surface area (Å²) in [7, 11) is 1.69. The third-order valence-corrected chi connectivity index (χ3v) is 1.57. The summed E-state index contributed by atoms with van der Waals surface area (Å²) in [6.45, 7) is 1.28. The molecule has 0 aromatic heterocycles. The number of benzene rings is 1. The zero-order valence-electron chi connectivity index (χ0n) is 6.71. The third kappa shape index (κ3) is 2.33. The smallest absolute Gasteiger partial charge is 0.0713 e. The van der Waals surface area contributed by atoms with Crippen molar-refractivity contribution < 1.29 is 4.74 Å². The van der Waals surface area contributed by atoms with E-state index in [-0.39, 0.29) is 0 Å². The molecule has 60 valence electrons. The second-order valence-corrected chi connectivity index (χ2v) is 2.45. The molecular formula is C9H13NO. The second kappa shape index (κ2) is 4.11. The number of methoxy groups -OCH3 is 1. The van der Waals surface area contributed by atoms with Crippen molar-refractivity contribution in [1.29, 1.82) is 0 Å². The lowest BCUT2D eigenvalue weighted by molar-refractivity contribution is 0.185. The first-order valence-electron chi connectivity index (χ1n) is 3.63. The fraction of sp³-hybridized carbons (Fsp3) is 0.333. The fourth-order valence-electron chi connectivity index (χ4n) is 0.938. The van der Waals surface area contributed by atoms with Crippen molar-refractivity contribution >= 4 is 0 Å². The number of ether oxygens (including phenoxy) is 1. The average molecular weight is 151 g/mol. The van der Waals surface area contributed by atoms with Crippen molar-refractivity contribution in [3.63, 3.8) is 0 Å². The van der Waals surface area contributed by atoms with Gasteiger partial charge in [-0.15, -0.1) is 0 Å². The van der Waals surface area contributed by atoms with Gasteiger partial charge in [0.1, 0.15) is 0 Å². The van der Waals surface area contributed by atoms with Crippen LogP contribution in [0.25, 0.3) is 0 Å². The minimum Gasteiger partial charge on any atom is -0.380 e. The number of hydrogen-bond acceptors (Lipinski definition) is 2. The van der Waals surface area contributed by atoms with E-state index < -0.39 is 0 Å². The fourth-order valence-corrected chi connectivity index (χ4v) is 0.938. The van der Waals surface area contributed by atoms with Crippen LogP contribution in [-0.4, -0.2) is 7.11 Å². The molecule has 0 bridgehead atoms. The molecule has 0 heterocycles. The number of nitrogens with two attached hydrogens (primary N) is 1. The molecule has 11 heavy (non-hydrogen) atoms. The van der Waals surface area contributed by atoms with E-state index in [4.69, 9.17) is 10.5 Å². The van der Waals surface area contributed by atoms with Crippen molar-refractivity contribution in [3.05, 3.63) is 35.4 Å². The van der Waals surface area contributed by atoms with Crippen LogP contribution in [0.3, 0.4) is 0 Å². The quantitative estimate of drug-likeness (QED) is 0.706. The maximum atomic E-state index is 5.44. The topological polar surface area (TPSA) is 35.2 Å². The van der Waals surface area contributed by atoms with E-state index >= 15 is 0 Å². The van der Waals surface area contributed by atoms with Gasteiger partial charge in [-0.25, -0.2) is 0 Å². The Morgan fingerprint density at radius 2 is 1.73 bits per heavy atom. The highest BCUT2D eigenvalue weighted by atomic mass is 16.5. The van der Waals surface area contributed by atoms with Crippen LogP contribution in [-0.2, 0) is 17.9 Å². The molecule has 0 saturated heterocycles. The summed E-state index contributed by atoms with van der Waals surface area (Å²) >= 11 is 0. The molecule has 1 rings (SSSR count). The summed E-state index contributed by atoms with van der Waals surface area (Å²) in [4.78, 5) is 0. The summed E-state index contributed by atoms with van der Waals surface area (Å²) in [6, 6.07) is 8.11. The van der Waals surface area contributed by atoms with Gasteiger partial charge in [-0.2, -0.15) is 0 Å². The van der Waals surface area contributed by atoms with Gasteiger partial charge in [-0.1, -0.05) is 24.3 Å². The van der Waals surface area contributed by atoms with Gasteiger partial charge in [0.2, 0.25) is 0 Å². The van der Waals surface area contributed by atoms with Gasteiger partial charge in [0.25, 0.3) is 0 Å². The van der Waals surface area contributed by atoms with Gasteiger partial charge in [-0.3, -0.25) is 0 Å². The second-order valence-electron chi connectivity index (χ2n) is 2.45. The van der Waals surface area contributed by atoms with Gasteiger partial charge >= 0.3 is 0 Å². The van der Waals surface area contributed by atoms with Crippen LogP contribution in [0, 0.1) is 0 Å². The third-order valence-electron chi connectivity index (χ3n) is 1.57. The zero-order valence-corrected chi connectivity index (χ0v) is 6.71. The van der Waals surface area contributed by atoms with Gasteiger partial charge in [0.05, 0.1) is 6.61 Å². The van der Waals surface area contributed by atoms with Crippen molar-refractivity contribution in [2.75, 3.05) is 7.11 Å². The van der Waals surface area contributed by atoms with Gasteiger partial charge in [-0.05, 0) is 11.1 Å². The molecule has 0 aliphatic heterocycles. The van der Waals surface area contributed by atoms with E-state index in [0.29, 0.717) is 13.2 Å². The Balaban J connectivity index is 2.66. The summed E-state index contributed by atoms with van der Waals surface area (Å²) in [5.74, 6) is 0. The Bertz CT molecular complexity index is 205. The Kier molecular flexibility index (Phi) is 3.08. The van der Waals surface area contributed by atoms with Crippen LogP contribution in [0.5, 0.6) is 0 Å². The van der Waals surface area contributed by atoms with E-state index in [0.717, 1.165) is 5.56 Å². The maximum absolute atomic E-state index is 5.44. The monoisotopic (exact) mass is 151 g/mol. The molecule has 2 N–H and O–H groups in total. The highest BCUT2D eigenvalue weighted by molar-refractivity contribution is 5.21.